The van der Waals surface area contributed by atoms with Crippen molar-refractivity contribution in [3.63, 3.8) is 0 Å². The van der Waals surface area contributed by atoms with Crippen LogP contribution in [0.1, 0.15) is 27.7 Å². The van der Waals surface area contributed by atoms with Crippen molar-refractivity contribution < 1.29 is 39.3 Å². The van der Waals surface area contributed by atoms with E-state index in [2.05, 4.69) is 0 Å². The summed E-state index contributed by atoms with van der Waals surface area (Å²) in [6, 6.07) is 0. The van der Waals surface area contributed by atoms with Gasteiger partial charge >= 0.3 is 0 Å². The van der Waals surface area contributed by atoms with E-state index in [-0.39, 0.29) is 13.1 Å². The van der Waals surface area contributed by atoms with Gasteiger partial charge in [-0.3, -0.25) is 0 Å². The summed E-state index contributed by atoms with van der Waals surface area (Å²) in [5.41, 5.74) is 0. The lowest BCUT2D eigenvalue weighted by Gasteiger charge is -2.43. The van der Waals surface area contributed by atoms with Crippen LogP contribution >= 0.6 is 15.2 Å². The molecule has 0 aromatic heterocycles. The quantitative estimate of drug-likeness (QED) is 0.355. The van der Waals surface area contributed by atoms with Crippen molar-refractivity contribution in [3.8, 4) is 0 Å². The van der Waals surface area contributed by atoms with Gasteiger partial charge in [-0.1, -0.05) is 0 Å². The number of quaternary nitrogens is 2. The molecule has 8 nitrogen and oxygen atoms in total. The van der Waals surface area contributed by atoms with Crippen LogP contribution in [-0.2, 0) is 9.13 Å². The third-order valence-electron chi connectivity index (χ3n) is 2.87. The van der Waals surface area contributed by atoms with Crippen LogP contribution < -0.4 is 30.2 Å². The third-order valence-corrected chi connectivity index (χ3v) is 6.05. The van der Waals surface area contributed by atoms with E-state index in [0.29, 0.717) is 0 Å². The molecule has 0 aliphatic heterocycles. The van der Waals surface area contributed by atoms with Gasteiger partial charge in [0.15, 0.2) is 0 Å². The van der Waals surface area contributed by atoms with Crippen LogP contribution in [0.2, 0.25) is 0 Å². The zero-order chi connectivity index (χ0) is 14.8. The molecule has 0 aromatic carbocycles. The molecular formula is C8H20N2O6P2-2. The second-order valence-corrected chi connectivity index (χ2v) is 9.58. The van der Waals surface area contributed by atoms with Crippen LogP contribution in [0, 0.1) is 0 Å². The summed E-state index contributed by atoms with van der Waals surface area (Å²) in [5, 5.41) is -0.324. The van der Waals surface area contributed by atoms with Crippen molar-refractivity contribution in [2.24, 2.45) is 0 Å². The first kappa shape index (κ1) is 18.2. The molecule has 0 spiro atoms. The van der Waals surface area contributed by atoms with Crippen LogP contribution in [0.3, 0.4) is 0 Å². The summed E-state index contributed by atoms with van der Waals surface area (Å²) in [6.45, 7) is 5.56. The molecule has 0 saturated carbocycles. The zero-order valence-electron chi connectivity index (χ0n) is 10.9. The van der Waals surface area contributed by atoms with Gasteiger partial charge in [0.25, 0.3) is 0 Å². The Kier molecular flexibility index (Phi) is 5.76. The van der Waals surface area contributed by atoms with Crippen molar-refractivity contribution in [2.45, 2.75) is 38.3 Å². The molecule has 0 heterocycles. The van der Waals surface area contributed by atoms with Crippen molar-refractivity contribution in [1.29, 1.82) is 0 Å². The van der Waals surface area contributed by atoms with E-state index in [1.54, 1.807) is 0 Å². The molecule has 0 fully saturated rings. The molecule has 0 rings (SSSR count). The van der Waals surface area contributed by atoms with Gasteiger partial charge < -0.3 is 39.3 Å². The Morgan fingerprint density at radius 2 is 1.00 bits per heavy atom. The minimum absolute atomic E-state index is 0.213. The molecule has 0 saturated heterocycles. The fraction of sp³-hybridized carbons (Fsp3) is 1.00. The standard InChI is InChI=1S/C8H22N2O6P2/c1-7(2,17(11,12)13)9-5-6-10-8(3,4)18(14,15)16/h9-10H,5-6H2,1-4H3,(H2,11,12,13)(H2,14,15,16)/p-2. The van der Waals surface area contributed by atoms with Crippen molar-refractivity contribution >= 4 is 15.2 Å². The molecule has 0 unspecified atom stereocenters. The highest BCUT2D eigenvalue weighted by atomic mass is 31.2. The number of hydrogen-bond acceptors (Lipinski definition) is 6. The number of hydrogen-bond donors (Lipinski definition) is 2. The van der Waals surface area contributed by atoms with E-state index in [9.17, 15) is 28.7 Å². The van der Waals surface area contributed by atoms with Crippen molar-refractivity contribution in [3.05, 3.63) is 0 Å². The zero-order valence-corrected chi connectivity index (χ0v) is 12.7. The minimum atomic E-state index is -4.73. The first-order valence-electron chi connectivity index (χ1n) is 5.44. The second-order valence-electron chi connectivity index (χ2n) is 5.29. The first-order valence-corrected chi connectivity index (χ1v) is 8.52. The lowest BCUT2D eigenvalue weighted by atomic mass is 10.3. The smallest absolute Gasteiger partial charge is 0.126 e. The maximum atomic E-state index is 10.9. The maximum absolute atomic E-state index is 10.9. The molecule has 0 radical (unpaired) electrons. The second kappa shape index (κ2) is 5.69. The molecule has 0 aliphatic rings. The lowest BCUT2D eigenvalue weighted by molar-refractivity contribution is -0.769. The summed E-state index contributed by atoms with van der Waals surface area (Å²) in [6.07, 6.45) is 0. The molecule has 18 heavy (non-hydrogen) atoms. The van der Waals surface area contributed by atoms with E-state index >= 15 is 0 Å². The fourth-order valence-corrected chi connectivity index (χ4v) is 1.80. The Balaban J connectivity index is 4.26. The normalized spacial score (nSPS) is 14.9. The first-order chi connectivity index (χ1) is 7.71. The summed E-state index contributed by atoms with van der Waals surface area (Å²) in [7, 11) is -9.46. The Bertz CT molecular complexity index is 336. The van der Waals surface area contributed by atoms with Crippen molar-refractivity contribution in [2.75, 3.05) is 13.1 Å². The molecule has 0 atom stereocenters. The van der Waals surface area contributed by atoms with Gasteiger partial charge in [0, 0.05) is 0 Å². The van der Waals surface area contributed by atoms with Gasteiger partial charge in [-0.2, -0.15) is 0 Å². The van der Waals surface area contributed by atoms with Crippen LogP contribution in [0.4, 0.5) is 0 Å². The maximum Gasteiger partial charge on any atom is 0.126 e. The van der Waals surface area contributed by atoms with Crippen LogP contribution in [-0.4, -0.2) is 23.6 Å². The molecule has 110 valence electrons. The van der Waals surface area contributed by atoms with Crippen molar-refractivity contribution in [1.82, 2.24) is 0 Å². The Labute approximate surface area is 106 Å². The van der Waals surface area contributed by atoms with E-state index in [1.165, 1.54) is 38.3 Å². The van der Waals surface area contributed by atoms with Gasteiger partial charge in [0.05, 0.1) is 0 Å². The predicted molar refractivity (Wildman–Crippen MR) is 57.0 cm³/mol. The van der Waals surface area contributed by atoms with E-state index in [0.717, 1.165) is 0 Å². The van der Waals surface area contributed by atoms with Gasteiger partial charge in [0.1, 0.15) is 23.6 Å². The molecule has 4 N–H and O–H groups in total. The largest absolute Gasteiger partial charge is 0.806 e. The summed E-state index contributed by atoms with van der Waals surface area (Å²) >= 11 is 0. The monoisotopic (exact) mass is 302 g/mol. The summed E-state index contributed by atoms with van der Waals surface area (Å²) < 4.78 is 21.8. The predicted octanol–water partition coefficient (Wildman–Crippen LogP) is -4.59. The molecule has 0 aromatic rings. The van der Waals surface area contributed by atoms with Crippen LogP contribution in [0.25, 0.3) is 0 Å². The fourth-order valence-electron chi connectivity index (χ4n) is 1.10. The molecule has 0 amide bonds. The van der Waals surface area contributed by atoms with E-state index in [1.807, 2.05) is 0 Å². The van der Waals surface area contributed by atoms with Gasteiger partial charge in [-0.25, -0.2) is 0 Å². The lowest BCUT2D eigenvalue weighted by Crippen LogP contribution is -3.04. The van der Waals surface area contributed by atoms with Crippen LogP contribution in [0.5, 0.6) is 0 Å². The highest BCUT2D eigenvalue weighted by Gasteiger charge is 2.28. The van der Waals surface area contributed by atoms with Crippen LogP contribution in [0.15, 0.2) is 0 Å². The Hall–Kier alpha value is 0.220. The number of rotatable bonds is 7. The Morgan fingerprint density at radius 1 is 0.778 bits per heavy atom. The average molecular weight is 302 g/mol. The Morgan fingerprint density at radius 3 is 1.17 bits per heavy atom. The SMILES string of the molecule is CC(C)([NH2+]CC[NH2+]C(C)(C)P(=O)([O-])[O-])P(=O)([O-])[O-]. The van der Waals surface area contributed by atoms with E-state index in [4.69, 9.17) is 0 Å². The van der Waals surface area contributed by atoms with Gasteiger partial charge in [-0.15, -0.1) is 0 Å². The molecular weight excluding hydrogens is 282 g/mol. The topological polar surface area (TPSA) is 160 Å². The van der Waals surface area contributed by atoms with E-state index < -0.39 is 25.8 Å². The average Bonchev–Trinajstić information content (AvgIpc) is 2.08. The highest BCUT2D eigenvalue weighted by Crippen LogP contribution is 2.36. The van der Waals surface area contributed by atoms with Gasteiger partial charge in [-0.05, 0) is 42.9 Å². The molecule has 0 bridgehead atoms. The highest BCUT2D eigenvalue weighted by molar-refractivity contribution is 7.50. The third kappa shape index (κ3) is 5.07. The summed E-state index contributed by atoms with van der Waals surface area (Å²) in [4.78, 5) is 43.6. The van der Waals surface area contributed by atoms with Gasteiger partial charge in [0.2, 0.25) is 0 Å². The summed E-state index contributed by atoms with van der Waals surface area (Å²) in [5.74, 6) is 0. The number of nitrogens with two attached hydrogens (primary N) is 2. The molecule has 0 aliphatic carbocycles. The molecule has 10 heteroatoms. The minimum Gasteiger partial charge on any atom is -0.806 e.